The highest BCUT2D eigenvalue weighted by molar-refractivity contribution is 7.89. The van der Waals surface area contributed by atoms with Gasteiger partial charge in [0.2, 0.25) is 10.0 Å². The van der Waals surface area contributed by atoms with Crippen LogP contribution < -0.4 is 14.8 Å². The Bertz CT molecular complexity index is 926. The fourth-order valence-corrected chi connectivity index (χ4v) is 3.56. The monoisotopic (exact) mass is 406 g/mol. The van der Waals surface area contributed by atoms with Gasteiger partial charge in [-0.15, -0.1) is 0 Å². The van der Waals surface area contributed by atoms with E-state index in [2.05, 4.69) is 5.32 Å². The van der Waals surface area contributed by atoms with Crippen LogP contribution in [0, 0.1) is 0 Å². The minimum Gasteiger partial charge on any atom is -0.493 e. The minimum absolute atomic E-state index is 0.105. The predicted molar refractivity (Wildman–Crippen MR) is 108 cm³/mol. The summed E-state index contributed by atoms with van der Waals surface area (Å²) in [7, 11) is 2.52. The van der Waals surface area contributed by atoms with Crippen LogP contribution in [0.4, 0.5) is 0 Å². The smallest absolute Gasteiger partial charge is 0.242 e. The van der Waals surface area contributed by atoms with Crippen LogP contribution in [0.5, 0.6) is 11.5 Å². The Morgan fingerprint density at radius 1 is 1.04 bits per heavy atom. The first-order chi connectivity index (χ1) is 13.3. The number of sulfonamides is 1. The number of nitrogens with one attached hydrogen (secondary N) is 1. The second-order valence-corrected chi connectivity index (χ2v) is 8.51. The molecule has 0 saturated heterocycles. The maximum absolute atomic E-state index is 12.4. The lowest BCUT2D eigenvalue weighted by Crippen LogP contribution is -2.26. The summed E-state index contributed by atoms with van der Waals surface area (Å²) in [6, 6.07) is 11.8. The van der Waals surface area contributed by atoms with Crippen LogP contribution in [0.1, 0.15) is 15.9 Å². The van der Waals surface area contributed by atoms with Crippen molar-refractivity contribution in [2.75, 3.05) is 41.4 Å². The largest absolute Gasteiger partial charge is 0.493 e. The zero-order chi connectivity index (χ0) is 20.7. The highest BCUT2D eigenvalue weighted by Crippen LogP contribution is 2.27. The number of nitrogens with zero attached hydrogens (tertiary/aromatic N) is 1. The molecule has 0 spiro atoms. The number of ketones is 1. The molecule has 2 aromatic rings. The molecule has 0 heterocycles. The van der Waals surface area contributed by atoms with Crippen molar-refractivity contribution in [2.45, 2.75) is 11.3 Å². The van der Waals surface area contributed by atoms with E-state index in [0.717, 1.165) is 9.87 Å². The summed E-state index contributed by atoms with van der Waals surface area (Å²) in [5.74, 6) is 1.17. The molecule has 0 aliphatic rings. The van der Waals surface area contributed by atoms with Crippen LogP contribution in [0.15, 0.2) is 47.4 Å². The number of carbonyl (C=O) groups excluding carboxylic acids is 1. The Hall–Kier alpha value is -2.42. The van der Waals surface area contributed by atoms with E-state index in [1.807, 2.05) is 18.2 Å². The van der Waals surface area contributed by atoms with Crippen molar-refractivity contribution in [3.05, 3.63) is 53.6 Å². The van der Waals surface area contributed by atoms with Gasteiger partial charge in [-0.3, -0.25) is 4.79 Å². The van der Waals surface area contributed by atoms with E-state index in [0.29, 0.717) is 30.0 Å². The molecule has 28 heavy (non-hydrogen) atoms. The summed E-state index contributed by atoms with van der Waals surface area (Å²) in [4.78, 5) is 12.5. The molecule has 0 atom stereocenters. The number of benzene rings is 2. The molecule has 2 rings (SSSR count). The van der Waals surface area contributed by atoms with Crippen molar-refractivity contribution >= 4 is 15.8 Å². The lowest BCUT2D eigenvalue weighted by Gasteiger charge is -2.12. The Morgan fingerprint density at radius 2 is 1.75 bits per heavy atom. The zero-order valence-electron chi connectivity index (χ0n) is 16.6. The van der Waals surface area contributed by atoms with Crippen molar-refractivity contribution < 1.29 is 22.7 Å². The lowest BCUT2D eigenvalue weighted by atomic mass is 10.1. The summed E-state index contributed by atoms with van der Waals surface area (Å²) < 4.78 is 36.0. The molecule has 0 bridgehead atoms. The summed E-state index contributed by atoms with van der Waals surface area (Å²) >= 11 is 0. The molecule has 8 heteroatoms. The second kappa shape index (κ2) is 9.68. The lowest BCUT2D eigenvalue weighted by molar-refractivity contribution is 0.0991. The molecule has 2 aromatic carbocycles. The zero-order valence-corrected chi connectivity index (χ0v) is 17.4. The highest BCUT2D eigenvalue weighted by atomic mass is 32.2. The Balaban J connectivity index is 1.93. The van der Waals surface area contributed by atoms with Gasteiger partial charge < -0.3 is 14.8 Å². The topological polar surface area (TPSA) is 84.9 Å². The normalized spacial score (nSPS) is 11.5. The molecule has 0 unspecified atom stereocenters. The molecule has 0 aliphatic carbocycles. The van der Waals surface area contributed by atoms with Crippen molar-refractivity contribution in [2.24, 2.45) is 0 Å². The quantitative estimate of drug-likeness (QED) is 0.480. The minimum atomic E-state index is -3.57. The van der Waals surface area contributed by atoms with E-state index in [9.17, 15) is 13.2 Å². The molecule has 7 nitrogen and oxygen atoms in total. The van der Waals surface area contributed by atoms with Crippen LogP contribution >= 0.6 is 0 Å². The first-order valence-electron chi connectivity index (χ1n) is 8.77. The number of hydrogen-bond donors (Lipinski definition) is 1. The van der Waals surface area contributed by atoms with Crippen molar-refractivity contribution in [1.82, 2.24) is 9.62 Å². The van der Waals surface area contributed by atoms with Crippen LogP contribution in [-0.2, 0) is 16.4 Å². The van der Waals surface area contributed by atoms with Gasteiger partial charge >= 0.3 is 0 Å². The first kappa shape index (κ1) is 21.9. The highest BCUT2D eigenvalue weighted by Gasteiger charge is 2.18. The number of Topliss-reactive ketones (excluding diaryl/α,β-unsaturated/α-hetero) is 1. The molecule has 0 saturated carbocycles. The van der Waals surface area contributed by atoms with E-state index >= 15 is 0 Å². The van der Waals surface area contributed by atoms with E-state index in [1.54, 1.807) is 26.4 Å². The molecular formula is C20H26N2O5S. The molecule has 0 fully saturated rings. The van der Waals surface area contributed by atoms with Gasteiger partial charge in [0.1, 0.15) is 0 Å². The molecular weight excluding hydrogens is 380 g/mol. The van der Waals surface area contributed by atoms with Crippen molar-refractivity contribution in [3.8, 4) is 11.5 Å². The number of ether oxygens (including phenoxy) is 2. The summed E-state index contributed by atoms with van der Waals surface area (Å²) in [6.07, 6.45) is 0.711. The maximum Gasteiger partial charge on any atom is 0.242 e. The SMILES string of the molecule is COc1ccc(CCNCC(=O)c2cccc(S(=O)(=O)N(C)C)c2)cc1OC. The average Bonchev–Trinajstić information content (AvgIpc) is 2.70. The molecule has 0 aromatic heterocycles. The van der Waals surface area contributed by atoms with Gasteiger partial charge in [0.15, 0.2) is 17.3 Å². The molecule has 152 valence electrons. The van der Waals surface area contributed by atoms with Crippen molar-refractivity contribution in [1.29, 1.82) is 0 Å². The Morgan fingerprint density at radius 3 is 2.39 bits per heavy atom. The second-order valence-electron chi connectivity index (χ2n) is 6.35. The van der Waals surface area contributed by atoms with Gasteiger partial charge in [-0.1, -0.05) is 18.2 Å². The summed E-state index contributed by atoms with van der Waals surface area (Å²) in [6.45, 7) is 0.718. The van der Waals surface area contributed by atoms with Gasteiger partial charge in [0.05, 0.1) is 25.7 Å². The van der Waals surface area contributed by atoms with Gasteiger partial charge in [-0.05, 0) is 42.8 Å². The fraction of sp³-hybridized carbons (Fsp3) is 0.350. The Kier molecular flexibility index (Phi) is 7.56. The standard InChI is InChI=1S/C20H26N2O5S/c1-22(2)28(24,25)17-7-5-6-16(13-17)18(23)14-21-11-10-15-8-9-19(26-3)20(12-15)27-4/h5-9,12-13,21H,10-11,14H2,1-4H3. The van der Waals surface area contributed by atoms with Gasteiger partial charge in [-0.25, -0.2) is 12.7 Å². The van der Waals surface area contributed by atoms with E-state index < -0.39 is 10.0 Å². The fourth-order valence-electron chi connectivity index (χ4n) is 2.61. The Labute approximate surface area is 166 Å². The third-order valence-electron chi connectivity index (χ3n) is 4.26. The third kappa shape index (κ3) is 5.31. The third-order valence-corrected chi connectivity index (χ3v) is 6.07. The predicted octanol–water partition coefficient (Wildman–Crippen LogP) is 1.97. The van der Waals surface area contributed by atoms with Crippen LogP contribution in [-0.4, -0.2) is 59.9 Å². The number of hydrogen-bond acceptors (Lipinski definition) is 6. The number of carbonyl (C=O) groups is 1. The van der Waals surface area contributed by atoms with Crippen LogP contribution in [0.2, 0.25) is 0 Å². The molecule has 0 aliphatic heterocycles. The summed E-state index contributed by atoms with van der Waals surface area (Å²) in [5, 5.41) is 3.10. The number of rotatable bonds is 10. The molecule has 0 amide bonds. The average molecular weight is 407 g/mol. The maximum atomic E-state index is 12.4. The number of methoxy groups -OCH3 is 2. The van der Waals surface area contributed by atoms with E-state index in [-0.39, 0.29) is 17.2 Å². The van der Waals surface area contributed by atoms with Gasteiger partial charge in [-0.2, -0.15) is 0 Å². The van der Waals surface area contributed by atoms with Gasteiger partial charge in [0, 0.05) is 19.7 Å². The van der Waals surface area contributed by atoms with Crippen LogP contribution in [0.3, 0.4) is 0 Å². The summed E-state index contributed by atoms with van der Waals surface area (Å²) in [5.41, 5.74) is 1.42. The van der Waals surface area contributed by atoms with E-state index in [1.165, 1.54) is 26.2 Å². The first-order valence-corrected chi connectivity index (χ1v) is 10.2. The molecule has 1 N–H and O–H groups in total. The van der Waals surface area contributed by atoms with Gasteiger partial charge in [0.25, 0.3) is 0 Å². The van der Waals surface area contributed by atoms with Crippen molar-refractivity contribution in [3.63, 3.8) is 0 Å². The van der Waals surface area contributed by atoms with Crippen LogP contribution in [0.25, 0.3) is 0 Å². The molecule has 0 radical (unpaired) electrons. The van der Waals surface area contributed by atoms with E-state index in [4.69, 9.17) is 9.47 Å².